The van der Waals surface area contributed by atoms with Gasteiger partial charge in [0.25, 0.3) is 5.91 Å². The molecule has 0 aromatic heterocycles. The highest BCUT2D eigenvalue weighted by Gasteiger charge is 2.33. The van der Waals surface area contributed by atoms with Gasteiger partial charge < -0.3 is 10.2 Å². The van der Waals surface area contributed by atoms with Crippen LogP contribution in [0.3, 0.4) is 0 Å². The Bertz CT molecular complexity index is 1020. The van der Waals surface area contributed by atoms with Crippen LogP contribution in [0.5, 0.6) is 0 Å². The van der Waals surface area contributed by atoms with Gasteiger partial charge in [0.2, 0.25) is 0 Å². The van der Waals surface area contributed by atoms with Gasteiger partial charge in [0.1, 0.15) is 0 Å². The van der Waals surface area contributed by atoms with Gasteiger partial charge in [-0.15, -0.1) is 0 Å². The first-order chi connectivity index (χ1) is 14.4. The second-order valence-corrected chi connectivity index (χ2v) is 7.29. The fourth-order valence-corrected chi connectivity index (χ4v) is 3.80. The number of alkyl halides is 3. The number of carbonyl (C=O) groups excluding carboxylic acids is 1. The number of hydrogen-bond donors (Lipinski definition) is 1. The third-order valence-corrected chi connectivity index (χ3v) is 5.34. The second kappa shape index (κ2) is 8.32. The fourth-order valence-electron chi connectivity index (χ4n) is 3.80. The molecular weight excluding hydrogens is 389 g/mol. The fraction of sp³-hybridized carbons (Fsp3) is 0.208. The second-order valence-electron chi connectivity index (χ2n) is 7.29. The van der Waals surface area contributed by atoms with E-state index in [-0.39, 0.29) is 17.5 Å². The van der Waals surface area contributed by atoms with Crippen molar-refractivity contribution < 1.29 is 18.0 Å². The molecule has 0 bridgehead atoms. The monoisotopic (exact) mass is 410 g/mol. The summed E-state index contributed by atoms with van der Waals surface area (Å²) in [4.78, 5) is 14.8. The van der Waals surface area contributed by atoms with E-state index in [1.807, 2.05) is 30.3 Å². The Balaban J connectivity index is 1.53. The van der Waals surface area contributed by atoms with Crippen molar-refractivity contribution in [2.75, 3.05) is 19.6 Å². The summed E-state index contributed by atoms with van der Waals surface area (Å²) in [6.45, 7) is 1.81. The molecule has 3 aromatic carbocycles. The summed E-state index contributed by atoms with van der Waals surface area (Å²) in [5.41, 5.74) is 1.44. The lowest BCUT2D eigenvalue weighted by Crippen LogP contribution is -2.48. The van der Waals surface area contributed by atoms with Gasteiger partial charge in [-0.05, 0) is 34.9 Å². The summed E-state index contributed by atoms with van der Waals surface area (Å²) in [6.07, 6.45) is -4.43. The first-order valence-corrected chi connectivity index (χ1v) is 9.78. The van der Waals surface area contributed by atoms with Crippen molar-refractivity contribution >= 4 is 5.91 Å². The molecule has 1 aliphatic heterocycles. The Hall–Kier alpha value is -3.12. The van der Waals surface area contributed by atoms with Crippen LogP contribution in [0.1, 0.15) is 27.5 Å². The van der Waals surface area contributed by atoms with E-state index in [4.69, 9.17) is 0 Å². The molecule has 1 amide bonds. The predicted molar refractivity (Wildman–Crippen MR) is 110 cm³/mol. The summed E-state index contributed by atoms with van der Waals surface area (Å²) in [5, 5.41) is 3.42. The highest BCUT2D eigenvalue weighted by Crippen LogP contribution is 2.37. The van der Waals surface area contributed by atoms with Gasteiger partial charge in [0.15, 0.2) is 0 Å². The number of carbonyl (C=O) groups is 1. The minimum atomic E-state index is -4.43. The van der Waals surface area contributed by atoms with Crippen LogP contribution in [-0.4, -0.2) is 30.4 Å². The molecule has 1 heterocycles. The Morgan fingerprint density at radius 1 is 0.900 bits per heavy atom. The standard InChI is InChI=1S/C24H21F3N2O/c25-24(26,27)21-9-5-4-8-20(21)17-10-12-19(13-11-17)23(30)29-15-14-28-22(16-29)18-6-2-1-3-7-18/h1-13,22,28H,14-16H2. The number of nitrogens with one attached hydrogen (secondary N) is 1. The molecule has 3 nitrogen and oxygen atoms in total. The maximum absolute atomic E-state index is 13.3. The van der Waals surface area contributed by atoms with Gasteiger partial charge >= 0.3 is 6.18 Å². The SMILES string of the molecule is O=C(c1ccc(-c2ccccc2C(F)(F)F)cc1)N1CCNC(c2ccccc2)C1. The smallest absolute Gasteiger partial charge is 0.335 e. The predicted octanol–water partition coefficient (Wildman–Crippen LogP) is 5.16. The van der Waals surface area contributed by atoms with Crippen molar-refractivity contribution in [2.45, 2.75) is 12.2 Å². The summed E-state index contributed by atoms with van der Waals surface area (Å²) in [6, 6.07) is 21.8. The van der Waals surface area contributed by atoms with Gasteiger partial charge in [-0.25, -0.2) is 0 Å². The van der Waals surface area contributed by atoms with Gasteiger partial charge in [-0.3, -0.25) is 4.79 Å². The molecule has 6 heteroatoms. The number of rotatable bonds is 3. The molecule has 154 valence electrons. The van der Waals surface area contributed by atoms with Crippen LogP contribution in [0.25, 0.3) is 11.1 Å². The summed E-state index contributed by atoms with van der Waals surface area (Å²) in [5.74, 6) is -0.118. The lowest BCUT2D eigenvalue weighted by atomic mass is 9.98. The molecule has 0 saturated carbocycles. The molecule has 4 rings (SSSR count). The molecule has 0 spiro atoms. The van der Waals surface area contributed by atoms with Crippen molar-refractivity contribution in [3.63, 3.8) is 0 Å². The van der Waals surface area contributed by atoms with E-state index < -0.39 is 11.7 Å². The maximum Gasteiger partial charge on any atom is 0.417 e. The van der Waals surface area contributed by atoms with E-state index in [2.05, 4.69) is 5.32 Å². The van der Waals surface area contributed by atoms with E-state index in [9.17, 15) is 18.0 Å². The molecule has 30 heavy (non-hydrogen) atoms. The number of piperazine rings is 1. The summed E-state index contributed by atoms with van der Waals surface area (Å²) >= 11 is 0. The summed E-state index contributed by atoms with van der Waals surface area (Å²) in [7, 11) is 0. The van der Waals surface area contributed by atoms with Gasteiger partial charge in [0.05, 0.1) is 5.56 Å². The summed E-state index contributed by atoms with van der Waals surface area (Å²) < 4.78 is 39.9. The van der Waals surface area contributed by atoms with Crippen LogP contribution in [0.15, 0.2) is 78.9 Å². The third kappa shape index (κ3) is 4.24. The van der Waals surface area contributed by atoms with Crippen molar-refractivity contribution in [1.82, 2.24) is 10.2 Å². The quantitative estimate of drug-likeness (QED) is 0.647. The Morgan fingerprint density at radius 2 is 1.57 bits per heavy atom. The Kier molecular flexibility index (Phi) is 5.59. The molecule has 0 radical (unpaired) electrons. The highest BCUT2D eigenvalue weighted by atomic mass is 19.4. The Labute approximate surface area is 173 Å². The average molecular weight is 410 g/mol. The van der Waals surface area contributed by atoms with E-state index >= 15 is 0 Å². The van der Waals surface area contributed by atoms with Crippen LogP contribution in [0.4, 0.5) is 13.2 Å². The molecule has 1 atom stereocenters. The number of nitrogens with zero attached hydrogens (tertiary/aromatic N) is 1. The zero-order chi connectivity index (χ0) is 21.1. The molecular formula is C24H21F3N2O. The molecule has 1 fully saturated rings. The minimum absolute atomic E-state index is 0.0573. The molecule has 3 aromatic rings. The first-order valence-electron chi connectivity index (χ1n) is 9.78. The highest BCUT2D eigenvalue weighted by molar-refractivity contribution is 5.95. The van der Waals surface area contributed by atoms with Crippen molar-refractivity contribution in [3.05, 3.63) is 95.6 Å². The number of amides is 1. The maximum atomic E-state index is 13.3. The van der Waals surface area contributed by atoms with Crippen LogP contribution < -0.4 is 5.32 Å². The largest absolute Gasteiger partial charge is 0.417 e. The average Bonchev–Trinajstić information content (AvgIpc) is 2.79. The first kappa shape index (κ1) is 20.2. The molecule has 1 unspecified atom stereocenters. The van der Waals surface area contributed by atoms with E-state index in [0.717, 1.165) is 11.6 Å². The van der Waals surface area contributed by atoms with Gasteiger partial charge in [0, 0.05) is 31.2 Å². The van der Waals surface area contributed by atoms with E-state index in [0.29, 0.717) is 30.8 Å². The third-order valence-electron chi connectivity index (χ3n) is 5.34. The number of halogens is 3. The zero-order valence-electron chi connectivity index (χ0n) is 16.2. The van der Waals surface area contributed by atoms with Gasteiger partial charge in [-0.1, -0.05) is 60.7 Å². The van der Waals surface area contributed by atoms with Crippen LogP contribution >= 0.6 is 0 Å². The zero-order valence-corrected chi connectivity index (χ0v) is 16.2. The molecule has 0 aliphatic carbocycles. The van der Waals surface area contributed by atoms with Crippen LogP contribution in [0.2, 0.25) is 0 Å². The van der Waals surface area contributed by atoms with Gasteiger partial charge in [-0.2, -0.15) is 13.2 Å². The Morgan fingerprint density at radius 3 is 2.27 bits per heavy atom. The lowest BCUT2D eigenvalue weighted by molar-refractivity contribution is -0.137. The molecule has 1 saturated heterocycles. The molecule has 1 aliphatic rings. The minimum Gasteiger partial charge on any atom is -0.335 e. The van der Waals surface area contributed by atoms with E-state index in [1.54, 1.807) is 35.2 Å². The van der Waals surface area contributed by atoms with Crippen LogP contribution in [0, 0.1) is 0 Å². The van der Waals surface area contributed by atoms with Crippen LogP contribution in [-0.2, 0) is 6.18 Å². The van der Waals surface area contributed by atoms with Crippen molar-refractivity contribution in [2.24, 2.45) is 0 Å². The molecule has 1 N–H and O–H groups in total. The normalized spacial score (nSPS) is 17.0. The van der Waals surface area contributed by atoms with Crippen molar-refractivity contribution in [1.29, 1.82) is 0 Å². The van der Waals surface area contributed by atoms with E-state index in [1.165, 1.54) is 12.1 Å². The lowest BCUT2D eigenvalue weighted by Gasteiger charge is -2.34. The number of benzene rings is 3. The topological polar surface area (TPSA) is 32.3 Å². The number of hydrogen-bond acceptors (Lipinski definition) is 2. The van der Waals surface area contributed by atoms with Crippen molar-refractivity contribution in [3.8, 4) is 11.1 Å².